The fourth-order valence-electron chi connectivity index (χ4n) is 3.33. The number of para-hydroxylation sites is 1. The zero-order chi connectivity index (χ0) is 21.9. The Morgan fingerprint density at radius 3 is 2.34 bits per heavy atom. The molecule has 0 atom stereocenters. The third-order valence-electron chi connectivity index (χ3n) is 4.82. The molecule has 7 heteroatoms. The quantitative estimate of drug-likeness (QED) is 0.370. The van der Waals surface area contributed by atoms with E-state index in [1.54, 1.807) is 12.1 Å². The van der Waals surface area contributed by atoms with Gasteiger partial charge in [-0.1, -0.05) is 60.1 Å². The lowest BCUT2D eigenvalue weighted by Crippen LogP contribution is -2.18. The van der Waals surface area contributed by atoms with Gasteiger partial charge < -0.3 is 5.32 Å². The molecule has 0 bridgehead atoms. The molecule has 0 spiro atoms. The standard InChI is InChI=1S/C25H17ClN4OS/c26-19-11-13-20(14-12-19)27-24-22(32-25(31)28-24)15-18-16-30(21-9-5-2-6-10-21)29-23(18)17-7-3-1-4-8-17/h1-16H,(H,27,28,31). The van der Waals surface area contributed by atoms with Gasteiger partial charge in [0.2, 0.25) is 0 Å². The maximum absolute atomic E-state index is 12.2. The predicted molar refractivity (Wildman–Crippen MR) is 132 cm³/mol. The molecule has 5 nitrogen and oxygen atoms in total. The summed E-state index contributed by atoms with van der Waals surface area (Å²) >= 11 is 7.09. The zero-order valence-electron chi connectivity index (χ0n) is 16.8. The van der Waals surface area contributed by atoms with Crippen molar-refractivity contribution in [2.75, 3.05) is 0 Å². The number of carbonyl (C=O) groups excluding carboxylic acids is 1. The third-order valence-corrected chi connectivity index (χ3v) is 5.89. The van der Waals surface area contributed by atoms with Crippen LogP contribution in [0.4, 0.5) is 10.5 Å². The van der Waals surface area contributed by atoms with Crippen LogP contribution < -0.4 is 5.32 Å². The van der Waals surface area contributed by atoms with Gasteiger partial charge in [-0.2, -0.15) is 5.10 Å². The summed E-state index contributed by atoms with van der Waals surface area (Å²) in [6.07, 6.45) is 3.92. The van der Waals surface area contributed by atoms with Crippen molar-refractivity contribution in [2.45, 2.75) is 0 Å². The van der Waals surface area contributed by atoms with Crippen molar-refractivity contribution < 1.29 is 4.79 Å². The Morgan fingerprint density at radius 1 is 0.938 bits per heavy atom. The monoisotopic (exact) mass is 456 g/mol. The molecule has 156 valence electrons. The topological polar surface area (TPSA) is 59.3 Å². The summed E-state index contributed by atoms with van der Waals surface area (Å²) in [6, 6.07) is 27.1. The molecular formula is C25H17ClN4OS. The van der Waals surface area contributed by atoms with Gasteiger partial charge in [-0.05, 0) is 54.2 Å². The summed E-state index contributed by atoms with van der Waals surface area (Å²) in [5, 5.41) is 8.13. The first-order chi connectivity index (χ1) is 15.7. The molecule has 2 heterocycles. The molecule has 1 N–H and O–H groups in total. The molecule has 3 aromatic carbocycles. The highest BCUT2D eigenvalue weighted by Crippen LogP contribution is 2.32. The minimum absolute atomic E-state index is 0.166. The molecule has 1 aliphatic rings. The lowest BCUT2D eigenvalue weighted by Gasteiger charge is -2.01. The Labute approximate surface area is 194 Å². The predicted octanol–water partition coefficient (Wildman–Crippen LogP) is 6.72. The van der Waals surface area contributed by atoms with E-state index < -0.39 is 0 Å². The average Bonchev–Trinajstić information content (AvgIpc) is 3.40. The molecule has 1 aromatic heterocycles. The van der Waals surface area contributed by atoms with E-state index >= 15 is 0 Å². The van der Waals surface area contributed by atoms with Crippen LogP contribution in [-0.4, -0.2) is 20.9 Å². The maximum Gasteiger partial charge on any atom is 0.289 e. The number of nitrogens with zero attached hydrogens (tertiary/aromatic N) is 3. The number of carbonyl (C=O) groups is 1. The Kier molecular flexibility index (Phi) is 5.62. The van der Waals surface area contributed by atoms with Crippen molar-refractivity contribution in [1.29, 1.82) is 0 Å². The van der Waals surface area contributed by atoms with E-state index in [-0.39, 0.29) is 5.24 Å². The molecule has 1 amide bonds. The van der Waals surface area contributed by atoms with E-state index in [4.69, 9.17) is 16.7 Å². The van der Waals surface area contributed by atoms with Crippen LogP contribution in [0.2, 0.25) is 5.02 Å². The van der Waals surface area contributed by atoms with Crippen LogP contribution in [0.3, 0.4) is 0 Å². The first-order valence-electron chi connectivity index (χ1n) is 9.91. The number of benzene rings is 3. The van der Waals surface area contributed by atoms with Crippen molar-refractivity contribution in [3.05, 3.63) is 107 Å². The Balaban J connectivity index is 1.60. The third kappa shape index (κ3) is 4.37. The van der Waals surface area contributed by atoms with Crippen LogP contribution in [0, 0.1) is 0 Å². The van der Waals surface area contributed by atoms with Crippen molar-refractivity contribution >= 4 is 46.2 Å². The molecule has 0 aliphatic carbocycles. The van der Waals surface area contributed by atoms with Gasteiger partial charge in [-0.25, -0.2) is 9.67 Å². The highest BCUT2D eigenvalue weighted by atomic mass is 35.5. The number of hydrogen-bond acceptors (Lipinski definition) is 4. The van der Waals surface area contributed by atoms with Gasteiger partial charge in [0, 0.05) is 22.3 Å². The number of rotatable bonds is 4. The zero-order valence-corrected chi connectivity index (χ0v) is 18.3. The second kappa shape index (κ2) is 8.86. The van der Waals surface area contributed by atoms with E-state index in [1.807, 2.05) is 89.8 Å². The molecule has 1 fully saturated rings. The second-order valence-corrected chi connectivity index (χ2v) is 8.49. The Bertz CT molecular complexity index is 1330. The molecule has 5 rings (SSSR count). The number of aromatic nitrogens is 2. The number of hydrogen-bond donors (Lipinski definition) is 1. The van der Waals surface area contributed by atoms with Gasteiger partial charge in [-0.15, -0.1) is 0 Å². The van der Waals surface area contributed by atoms with Crippen LogP contribution in [0.1, 0.15) is 5.56 Å². The summed E-state index contributed by atoms with van der Waals surface area (Å²) in [7, 11) is 0. The summed E-state index contributed by atoms with van der Waals surface area (Å²) in [5.74, 6) is 0.508. The fourth-order valence-corrected chi connectivity index (χ4v) is 4.18. The smallest absolute Gasteiger partial charge is 0.289 e. The van der Waals surface area contributed by atoms with Crippen LogP contribution >= 0.6 is 23.4 Å². The van der Waals surface area contributed by atoms with Gasteiger partial charge in [0.25, 0.3) is 5.24 Å². The molecule has 32 heavy (non-hydrogen) atoms. The van der Waals surface area contributed by atoms with Crippen LogP contribution in [0.5, 0.6) is 0 Å². The van der Waals surface area contributed by atoms with E-state index in [0.717, 1.165) is 39.2 Å². The van der Waals surface area contributed by atoms with Gasteiger partial charge in [0.1, 0.15) is 5.84 Å². The summed E-state index contributed by atoms with van der Waals surface area (Å²) in [5.41, 5.74) is 4.38. The normalized spacial score (nSPS) is 16.0. The van der Waals surface area contributed by atoms with E-state index in [9.17, 15) is 4.79 Å². The van der Waals surface area contributed by atoms with Gasteiger partial charge in [0.15, 0.2) is 0 Å². The molecule has 0 saturated carbocycles. The lowest BCUT2D eigenvalue weighted by molar-refractivity contribution is 0.265. The minimum Gasteiger partial charge on any atom is -0.300 e. The molecule has 1 aliphatic heterocycles. The average molecular weight is 457 g/mol. The molecule has 0 unspecified atom stereocenters. The second-order valence-electron chi connectivity index (χ2n) is 7.04. The largest absolute Gasteiger partial charge is 0.300 e. The Hall–Kier alpha value is -3.61. The molecule has 0 radical (unpaired) electrons. The molecule has 1 saturated heterocycles. The fraction of sp³-hybridized carbons (Fsp3) is 0. The summed E-state index contributed by atoms with van der Waals surface area (Å²) in [4.78, 5) is 17.5. The number of thioether (sulfide) groups is 1. The molecular weight excluding hydrogens is 440 g/mol. The highest BCUT2D eigenvalue weighted by molar-refractivity contribution is 8.18. The van der Waals surface area contributed by atoms with Crippen LogP contribution in [0.15, 0.2) is 101 Å². The van der Waals surface area contributed by atoms with Crippen molar-refractivity contribution in [2.24, 2.45) is 4.99 Å². The van der Waals surface area contributed by atoms with Crippen molar-refractivity contribution in [3.8, 4) is 16.9 Å². The summed E-state index contributed by atoms with van der Waals surface area (Å²) in [6.45, 7) is 0. The highest BCUT2D eigenvalue weighted by Gasteiger charge is 2.24. The number of nitrogens with one attached hydrogen (secondary N) is 1. The van der Waals surface area contributed by atoms with Crippen molar-refractivity contribution in [3.63, 3.8) is 0 Å². The maximum atomic E-state index is 12.2. The van der Waals surface area contributed by atoms with Crippen LogP contribution in [0.25, 0.3) is 23.0 Å². The van der Waals surface area contributed by atoms with E-state index in [1.165, 1.54) is 0 Å². The van der Waals surface area contributed by atoms with Crippen molar-refractivity contribution in [1.82, 2.24) is 15.1 Å². The lowest BCUT2D eigenvalue weighted by atomic mass is 10.1. The SMILES string of the molecule is O=C1NC(=Nc2ccc(Cl)cc2)C(=Cc2cn(-c3ccccc3)nc2-c2ccccc2)S1. The van der Waals surface area contributed by atoms with Gasteiger partial charge in [0.05, 0.1) is 22.0 Å². The van der Waals surface area contributed by atoms with Gasteiger partial charge in [-0.3, -0.25) is 4.79 Å². The first kappa shape index (κ1) is 20.3. The molecule has 4 aromatic rings. The van der Waals surface area contributed by atoms with E-state index in [0.29, 0.717) is 16.5 Å². The minimum atomic E-state index is -0.166. The van der Waals surface area contributed by atoms with E-state index in [2.05, 4.69) is 10.3 Å². The van der Waals surface area contributed by atoms with Crippen LogP contribution in [-0.2, 0) is 0 Å². The Morgan fingerprint density at radius 2 is 1.62 bits per heavy atom. The number of halogens is 1. The number of amides is 1. The first-order valence-corrected chi connectivity index (χ1v) is 11.1. The number of aliphatic imine (C=N–C) groups is 1. The number of amidine groups is 1. The summed E-state index contributed by atoms with van der Waals surface area (Å²) < 4.78 is 1.85. The van der Waals surface area contributed by atoms with Gasteiger partial charge >= 0.3 is 0 Å².